The van der Waals surface area contributed by atoms with Crippen molar-refractivity contribution in [2.75, 3.05) is 19.8 Å². The third-order valence-corrected chi connectivity index (χ3v) is 3.47. The van der Waals surface area contributed by atoms with E-state index >= 15 is 0 Å². The first-order valence-corrected chi connectivity index (χ1v) is 7.60. The van der Waals surface area contributed by atoms with Crippen LogP contribution in [0.25, 0.3) is 0 Å². The van der Waals surface area contributed by atoms with Crippen LogP contribution in [0, 0.1) is 0 Å². The molecule has 0 bridgehead atoms. The SMILES string of the molecule is C=CCOCCOC(F)=C(F)C(F)(F)C(F)(F)C(F)(F)C(F)(F)C(F)(F)C(F)(F)C(F)(F)F. The van der Waals surface area contributed by atoms with Gasteiger partial charge in [-0.25, -0.2) is 0 Å². The van der Waals surface area contributed by atoms with Gasteiger partial charge in [0.25, 0.3) is 0 Å². The van der Waals surface area contributed by atoms with Crippen LogP contribution in [0.15, 0.2) is 24.5 Å². The standard InChI is InChI=1S/C14H9F17O2/c1-2-3-32-4-5-33-7(16)6(15)8(17,18)9(19,20)10(21,22)11(23,24)12(25,26)13(27,28)14(29,30)31/h2H,1,3-5H2. The molecule has 2 nitrogen and oxygen atoms in total. The lowest BCUT2D eigenvalue weighted by Gasteiger charge is -2.41. The van der Waals surface area contributed by atoms with Crippen molar-refractivity contribution in [2.24, 2.45) is 0 Å². The predicted octanol–water partition coefficient (Wildman–Crippen LogP) is 6.69. The second-order valence-corrected chi connectivity index (χ2v) is 5.74. The van der Waals surface area contributed by atoms with Crippen LogP contribution < -0.4 is 0 Å². The fraction of sp³-hybridized carbons (Fsp3) is 0.714. The third kappa shape index (κ3) is 4.96. The van der Waals surface area contributed by atoms with Gasteiger partial charge in [-0.2, -0.15) is 74.6 Å². The summed E-state index contributed by atoms with van der Waals surface area (Å²) in [6, 6.07) is -3.48. The molecule has 0 N–H and O–H groups in total. The van der Waals surface area contributed by atoms with Crippen molar-refractivity contribution in [3.05, 3.63) is 24.5 Å². The van der Waals surface area contributed by atoms with Gasteiger partial charge >= 0.3 is 47.7 Å². The van der Waals surface area contributed by atoms with Gasteiger partial charge in [-0.05, 0) is 0 Å². The molecule has 33 heavy (non-hydrogen) atoms. The molecule has 0 aromatic heterocycles. The van der Waals surface area contributed by atoms with Gasteiger partial charge in [0, 0.05) is 0 Å². The van der Waals surface area contributed by atoms with Gasteiger partial charge in [0.2, 0.25) is 5.83 Å². The summed E-state index contributed by atoms with van der Waals surface area (Å²) in [6.45, 7) is 0.641. The fourth-order valence-electron chi connectivity index (χ4n) is 1.65. The van der Waals surface area contributed by atoms with Crippen LogP contribution in [-0.4, -0.2) is 61.5 Å². The van der Waals surface area contributed by atoms with E-state index in [-0.39, 0.29) is 6.61 Å². The Morgan fingerprint density at radius 1 is 0.606 bits per heavy atom. The smallest absolute Gasteiger partial charge is 0.460 e. The van der Waals surface area contributed by atoms with E-state index in [0.717, 1.165) is 6.08 Å². The summed E-state index contributed by atoms with van der Waals surface area (Å²) in [6.07, 6.45) is -6.73. The van der Waals surface area contributed by atoms with Crippen molar-refractivity contribution >= 4 is 0 Å². The first-order chi connectivity index (χ1) is 14.4. The highest BCUT2D eigenvalue weighted by Gasteiger charge is 2.93. The number of allylic oxidation sites excluding steroid dienone is 1. The molecule has 0 aliphatic carbocycles. The minimum atomic E-state index is -8.61. The lowest BCUT2D eigenvalue weighted by atomic mass is 9.91. The second-order valence-electron chi connectivity index (χ2n) is 5.74. The van der Waals surface area contributed by atoms with E-state index in [1.54, 1.807) is 0 Å². The van der Waals surface area contributed by atoms with Gasteiger partial charge in [-0.3, -0.25) is 0 Å². The predicted molar refractivity (Wildman–Crippen MR) is 71.9 cm³/mol. The highest BCUT2D eigenvalue weighted by Crippen LogP contribution is 2.63. The Morgan fingerprint density at radius 3 is 1.39 bits per heavy atom. The summed E-state index contributed by atoms with van der Waals surface area (Å²) >= 11 is 0. The molecular formula is C14H9F17O2. The maximum absolute atomic E-state index is 13.4. The Bertz CT molecular complexity index is 722. The van der Waals surface area contributed by atoms with Crippen LogP contribution in [0.5, 0.6) is 0 Å². The van der Waals surface area contributed by atoms with E-state index in [1.165, 1.54) is 0 Å². The maximum Gasteiger partial charge on any atom is 0.460 e. The zero-order valence-electron chi connectivity index (χ0n) is 15.1. The number of hydrogen-bond acceptors (Lipinski definition) is 2. The molecule has 0 atom stereocenters. The monoisotopic (exact) mass is 532 g/mol. The third-order valence-electron chi connectivity index (χ3n) is 3.47. The molecule has 0 rings (SSSR count). The van der Waals surface area contributed by atoms with Crippen molar-refractivity contribution in [1.82, 2.24) is 0 Å². The zero-order valence-corrected chi connectivity index (χ0v) is 15.1. The van der Waals surface area contributed by atoms with Crippen molar-refractivity contribution in [1.29, 1.82) is 0 Å². The summed E-state index contributed by atoms with van der Waals surface area (Å²) in [7, 11) is 0. The highest BCUT2D eigenvalue weighted by atomic mass is 19.4. The first kappa shape index (κ1) is 31.0. The minimum Gasteiger partial charge on any atom is -0.466 e. The molecule has 0 unspecified atom stereocenters. The normalized spacial score (nSPS) is 15.9. The molecule has 196 valence electrons. The molecule has 0 aromatic carbocycles. The lowest BCUT2D eigenvalue weighted by molar-refractivity contribution is -0.451. The molecule has 19 heteroatoms. The van der Waals surface area contributed by atoms with Crippen LogP contribution in [0.4, 0.5) is 74.6 Å². The Hall–Kier alpha value is -1.95. The van der Waals surface area contributed by atoms with E-state index in [1.807, 2.05) is 0 Å². The average Bonchev–Trinajstić information content (AvgIpc) is 2.65. The molecule has 0 saturated heterocycles. The van der Waals surface area contributed by atoms with Crippen LogP contribution in [-0.2, 0) is 9.47 Å². The van der Waals surface area contributed by atoms with Gasteiger partial charge in [0.1, 0.15) is 6.61 Å². The van der Waals surface area contributed by atoms with E-state index < -0.39 is 66.8 Å². The van der Waals surface area contributed by atoms with Gasteiger partial charge in [-0.15, -0.1) is 6.58 Å². The molecule has 0 aliphatic heterocycles. The van der Waals surface area contributed by atoms with Crippen molar-refractivity contribution < 1.29 is 84.1 Å². The van der Waals surface area contributed by atoms with Gasteiger partial charge in [0.05, 0.1) is 13.2 Å². The van der Waals surface area contributed by atoms with Crippen LogP contribution in [0.3, 0.4) is 0 Å². The second kappa shape index (κ2) is 9.36. The molecule has 0 spiro atoms. The summed E-state index contributed by atoms with van der Waals surface area (Å²) in [5.74, 6) is -54.0. The molecule has 0 heterocycles. The van der Waals surface area contributed by atoms with E-state index in [0.29, 0.717) is 0 Å². The molecule has 0 saturated carbocycles. The van der Waals surface area contributed by atoms with Gasteiger partial charge in [-0.1, -0.05) is 6.08 Å². The summed E-state index contributed by atoms with van der Waals surface area (Å²) in [4.78, 5) is 0. The van der Waals surface area contributed by atoms with Gasteiger partial charge in [0.15, 0.2) is 0 Å². The maximum atomic E-state index is 13.4. The Morgan fingerprint density at radius 2 is 1.00 bits per heavy atom. The highest BCUT2D eigenvalue weighted by molar-refractivity contribution is 5.20. The number of alkyl halides is 15. The van der Waals surface area contributed by atoms with E-state index in [2.05, 4.69) is 16.1 Å². The summed E-state index contributed by atoms with van der Waals surface area (Å²) in [5.41, 5.74) is 0. The Kier molecular flexibility index (Phi) is 8.81. The number of hydrogen-bond donors (Lipinski definition) is 0. The van der Waals surface area contributed by atoms with E-state index in [4.69, 9.17) is 0 Å². The zero-order chi connectivity index (χ0) is 26.9. The number of ether oxygens (including phenoxy) is 2. The molecule has 0 fully saturated rings. The molecule has 0 aliphatic rings. The molecule has 0 aromatic rings. The van der Waals surface area contributed by atoms with Crippen molar-refractivity contribution in [3.8, 4) is 0 Å². The van der Waals surface area contributed by atoms with Crippen LogP contribution >= 0.6 is 0 Å². The average molecular weight is 532 g/mol. The van der Waals surface area contributed by atoms with Crippen LogP contribution in [0.2, 0.25) is 0 Å². The van der Waals surface area contributed by atoms with Gasteiger partial charge < -0.3 is 9.47 Å². The van der Waals surface area contributed by atoms with E-state index in [9.17, 15) is 74.6 Å². The van der Waals surface area contributed by atoms with Crippen LogP contribution in [0.1, 0.15) is 0 Å². The quantitative estimate of drug-likeness (QED) is 0.121. The number of halogens is 17. The number of rotatable bonds is 12. The minimum absolute atomic E-state index is 0.316. The Balaban J connectivity index is 6.32. The molecule has 0 radical (unpaired) electrons. The fourth-order valence-corrected chi connectivity index (χ4v) is 1.65. The summed E-state index contributed by atoms with van der Waals surface area (Å²) in [5, 5.41) is 0. The summed E-state index contributed by atoms with van der Waals surface area (Å²) < 4.78 is 228. The first-order valence-electron chi connectivity index (χ1n) is 7.60. The largest absolute Gasteiger partial charge is 0.466 e. The topological polar surface area (TPSA) is 18.5 Å². The molecule has 0 amide bonds. The lowest BCUT2D eigenvalue weighted by Crippen LogP contribution is -2.72. The van der Waals surface area contributed by atoms with Crippen molar-refractivity contribution in [3.63, 3.8) is 0 Å². The van der Waals surface area contributed by atoms with Crippen molar-refractivity contribution in [2.45, 2.75) is 41.7 Å². The Labute approximate surface area is 171 Å². The molecular weight excluding hydrogens is 523 g/mol.